The Morgan fingerprint density at radius 3 is 2.52 bits per heavy atom. The molecule has 0 amide bonds. The molecular formula is C19H26N6O2. The van der Waals surface area contributed by atoms with Crippen molar-refractivity contribution in [1.82, 2.24) is 19.7 Å². The fourth-order valence-corrected chi connectivity index (χ4v) is 3.14. The average Bonchev–Trinajstić information content (AvgIpc) is 3.04. The van der Waals surface area contributed by atoms with E-state index in [9.17, 15) is 0 Å². The van der Waals surface area contributed by atoms with Gasteiger partial charge in [0.05, 0.1) is 32.5 Å². The molecule has 0 radical (unpaired) electrons. The number of hydrogen-bond donors (Lipinski definition) is 2. The third-order valence-corrected chi connectivity index (χ3v) is 4.38. The molecule has 0 fully saturated rings. The van der Waals surface area contributed by atoms with Gasteiger partial charge in [-0.05, 0) is 25.5 Å². The first kappa shape index (κ1) is 18.8. The van der Waals surface area contributed by atoms with E-state index in [0.717, 1.165) is 29.9 Å². The van der Waals surface area contributed by atoms with Crippen LogP contribution < -0.4 is 20.5 Å². The molecule has 0 saturated carbocycles. The second kappa shape index (κ2) is 8.11. The number of ether oxygens (including phenoxy) is 2. The predicted molar refractivity (Wildman–Crippen MR) is 106 cm³/mol. The third kappa shape index (κ3) is 4.05. The highest BCUT2D eigenvalue weighted by atomic mass is 16.5. The lowest BCUT2D eigenvalue weighted by Gasteiger charge is -2.14. The van der Waals surface area contributed by atoms with Gasteiger partial charge in [0.2, 0.25) is 5.95 Å². The highest BCUT2D eigenvalue weighted by Gasteiger charge is 2.16. The molecule has 0 aliphatic rings. The van der Waals surface area contributed by atoms with E-state index in [1.165, 1.54) is 0 Å². The Balaban J connectivity index is 1.98. The minimum absolute atomic E-state index is 0.225. The Bertz CT molecular complexity index is 902. The molecular weight excluding hydrogens is 344 g/mol. The van der Waals surface area contributed by atoms with Gasteiger partial charge in [0, 0.05) is 6.04 Å². The van der Waals surface area contributed by atoms with E-state index in [-0.39, 0.29) is 12.0 Å². The number of nitrogens with one attached hydrogen (secondary N) is 1. The third-order valence-electron chi connectivity index (χ3n) is 4.38. The Kier molecular flexibility index (Phi) is 5.63. The zero-order valence-corrected chi connectivity index (χ0v) is 16.2. The first-order chi connectivity index (χ1) is 13.0. The van der Waals surface area contributed by atoms with Crippen molar-refractivity contribution in [2.75, 3.05) is 25.3 Å². The van der Waals surface area contributed by atoms with Gasteiger partial charge in [0.25, 0.3) is 0 Å². The Morgan fingerprint density at radius 2 is 1.89 bits per heavy atom. The molecule has 8 nitrogen and oxygen atoms in total. The standard InChI is InChI=1S/C19H26N6O2/c1-5-7-12(2)21-18-17-14(22-19(20)23-18)11-25(24-17)10-13-15(26-3)8-6-9-16(13)27-4/h6,8-9,11-12H,5,7,10H2,1-4H3,(H3,20,21,22,23)/t12-/m1/s1. The van der Waals surface area contributed by atoms with E-state index >= 15 is 0 Å². The second-order valence-corrected chi connectivity index (χ2v) is 6.47. The quantitative estimate of drug-likeness (QED) is 0.628. The second-order valence-electron chi connectivity index (χ2n) is 6.47. The number of nitrogen functional groups attached to an aromatic ring is 1. The molecule has 0 bridgehead atoms. The summed E-state index contributed by atoms with van der Waals surface area (Å²) >= 11 is 0. The smallest absolute Gasteiger partial charge is 0.222 e. The summed E-state index contributed by atoms with van der Waals surface area (Å²) in [6, 6.07) is 5.97. The molecule has 1 atom stereocenters. The summed E-state index contributed by atoms with van der Waals surface area (Å²) in [5, 5.41) is 8.07. The highest BCUT2D eigenvalue weighted by molar-refractivity contribution is 5.85. The number of fused-ring (bicyclic) bond motifs is 1. The highest BCUT2D eigenvalue weighted by Crippen LogP contribution is 2.30. The number of methoxy groups -OCH3 is 2. The van der Waals surface area contributed by atoms with Gasteiger partial charge in [-0.1, -0.05) is 19.4 Å². The van der Waals surface area contributed by atoms with Crippen molar-refractivity contribution in [2.24, 2.45) is 0 Å². The van der Waals surface area contributed by atoms with E-state index in [4.69, 9.17) is 15.2 Å². The molecule has 1 aromatic carbocycles. The molecule has 0 aliphatic heterocycles. The van der Waals surface area contributed by atoms with Crippen molar-refractivity contribution in [3.05, 3.63) is 30.0 Å². The van der Waals surface area contributed by atoms with E-state index in [2.05, 4.69) is 34.2 Å². The molecule has 0 unspecified atom stereocenters. The normalized spacial score (nSPS) is 12.1. The number of aromatic nitrogens is 4. The summed E-state index contributed by atoms with van der Waals surface area (Å²) in [4.78, 5) is 8.66. The first-order valence-corrected chi connectivity index (χ1v) is 9.02. The summed E-state index contributed by atoms with van der Waals surface area (Å²) in [5.41, 5.74) is 8.19. The fraction of sp³-hybridized carbons (Fsp3) is 0.421. The molecule has 2 heterocycles. The maximum atomic E-state index is 5.89. The molecule has 8 heteroatoms. The van der Waals surface area contributed by atoms with Crippen LogP contribution >= 0.6 is 0 Å². The van der Waals surface area contributed by atoms with Crippen LogP contribution in [0.5, 0.6) is 11.5 Å². The molecule has 144 valence electrons. The van der Waals surface area contributed by atoms with Crippen LogP contribution in [0, 0.1) is 0 Å². The van der Waals surface area contributed by atoms with Crippen LogP contribution in [0.3, 0.4) is 0 Å². The van der Waals surface area contributed by atoms with E-state index in [0.29, 0.717) is 23.4 Å². The van der Waals surface area contributed by atoms with Crippen LogP contribution in [0.25, 0.3) is 11.0 Å². The summed E-state index contributed by atoms with van der Waals surface area (Å²) in [7, 11) is 3.28. The SMILES string of the molecule is CCC[C@@H](C)Nc1nc(N)nc2cn(Cc3c(OC)cccc3OC)nc12. The van der Waals surface area contributed by atoms with Gasteiger partial charge >= 0.3 is 0 Å². The van der Waals surface area contributed by atoms with Gasteiger partial charge in [-0.3, -0.25) is 4.68 Å². The molecule has 0 aliphatic carbocycles. The van der Waals surface area contributed by atoms with Crippen LogP contribution in [0.2, 0.25) is 0 Å². The van der Waals surface area contributed by atoms with Crippen LogP contribution in [0.1, 0.15) is 32.3 Å². The molecule has 3 rings (SSSR count). The topological polar surface area (TPSA) is 100 Å². The summed E-state index contributed by atoms with van der Waals surface area (Å²) in [6.45, 7) is 4.75. The van der Waals surface area contributed by atoms with Gasteiger partial charge in [0.15, 0.2) is 11.3 Å². The molecule has 0 saturated heterocycles. The largest absolute Gasteiger partial charge is 0.496 e. The number of benzene rings is 1. The first-order valence-electron chi connectivity index (χ1n) is 9.02. The van der Waals surface area contributed by atoms with Gasteiger partial charge in [0.1, 0.15) is 17.0 Å². The van der Waals surface area contributed by atoms with Crippen molar-refractivity contribution in [3.8, 4) is 11.5 Å². The Hall–Kier alpha value is -3.03. The molecule has 0 spiro atoms. The summed E-state index contributed by atoms with van der Waals surface area (Å²) < 4.78 is 12.8. The number of nitrogens with zero attached hydrogens (tertiary/aromatic N) is 4. The van der Waals surface area contributed by atoms with Gasteiger partial charge < -0.3 is 20.5 Å². The van der Waals surface area contributed by atoms with Crippen LogP contribution in [0.15, 0.2) is 24.4 Å². The average molecular weight is 370 g/mol. The van der Waals surface area contributed by atoms with Gasteiger partial charge in [-0.25, -0.2) is 4.98 Å². The van der Waals surface area contributed by atoms with Crippen molar-refractivity contribution in [1.29, 1.82) is 0 Å². The summed E-state index contributed by atoms with van der Waals surface area (Å²) in [5.74, 6) is 2.37. The van der Waals surface area contributed by atoms with Crippen LogP contribution in [-0.2, 0) is 6.54 Å². The van der Waals surface area contributed by atoms with Crippen molar-refractivity contribution < 1.29 is 9.47 Å². The van der Waals surface area contributed by atoms with Crippen LogP contribution in [0.4, 0.5) is 11.8 Å². The van der Waals surface area contributed by atoms with Gasteiger partial charge in [-0.15, -0.1) is 0 Å². The number of rotatable bonds is 8. The number of anilines is 2. The number of nitrogens with two attached hydrogens (primary N) is 1. The molecule has 3 aromatic rings. The predicted octanol–water partition coefficient (Wildman–Crippen LogP) is 3.07. The van der Waals surface area contributed by atoms with E-state index in [1.807, 2.05) is 24.4 Å². The Labute approximate surface area is 158 Å². The number of hydrogen-bond acceptors (Lipinski definition) is 7. The van der Waals surface area contributed by atoms with Crippen molar-refractivity contribution in [2.45, 2.75) is 39.3 Å². The minimum Gasteiger partial charge on any atom is -0.496 e. The zero-order valence-electron chi connectivity index (χ0n) is 16.2. The van der Waals surface area contributed by atoms with Crippen molar-refractivity contribution in [3.63, 3.8) is 0 Å². The van der Waals surface area contributed by atoms with E-state index < -0.39 is 0 Å². The van der Waals surface area contributed by atoms with E-state index in [1.54, 1.807) is 18.9 Å². The summed E-state index contributed by atoms with van der Waals surface area (Å²) in [6.07, 6.45) is 3.97. The lowest BCUT2D eigenvalue weighted by molar-refractivity contribution is 0.382. The fourth-order valence-electron chi connectivity index (χ4n) is 3.14. The minimum atomic E-state index is 0.225. The lowest BCUT2D eigenvalue weighted by atomic mass is 10.1. The maximum absolute atomic E-state index is 5.89. The van der Waals surface area contributed by atoms with Crippen LogP contribution in [-0.4, -0.2) is 40.0 Å². The molecule has 2 aromatic heterocycles. The molecule has 3 N–H and O–H groups in total. The monoisotopic (exact) mass is 370 g/mol. The van der Waals surface area contributed by atoms with Gasteiger partial charge in [-0.2, -0.15) is 10.1 Å². The zero-order chi connectivity index (χ0) is 19.4. The Morgan fingerprint density at radius 1 is 1.19 bits per heavy atom. The molecule has 27 heavy (non-hydrogen) atoms. The maximum Gasteiger partial charge on any atom is 0.222 e. The lowest BCUT2D eigenvalue weighted by Crippen LogP contribution is -2.16. The van der Waals surface area contributed by atoms with Crippen molar-refractivity contribution >= 4 is 22.8 Å².